The van der Waals surface area contributed by atoms with Gasteiger partial charge in [0, 0.05) is 12.1 Å². The maximum absolute atomic E-state index is 5.66. The molecule has 0 spiro atoms. The topological polar surface area (TPSA) is 42.2 Å². The molecule has 4 heteroatoms. The van der Waals surface area contributed by atoms with Crippen LogP contribution in [-0.4, -0.2) is 34.2 Å². The molecule has 1 unspecified atom stereocenters. The van der Waals surface area contributed by atoms with E-state index in [1.807, 2.05) is 6.92 Å². The lowest BCUT2D eigenvalue weighted by atomic mass is 9.76. The second kappa shape index (κ2) is 6.61. The second-order valence-corrected chi connectivity index (χ2v) is 8.00. The summed E-state index contributed by atoms with van der Waals surface area (Å²) in [5.41, 5.74) is 3.91. The van der Waals surface area contributed by atoms with Gasteiger partial charge in [-0.15, -0.1) is 0 Å². The quantitative estimate of drug-likeness (QED) is 0.675. The summed E-state index contributed by atoms with van der Waals surface area (Å²) in [6.45, 7) is 1.90. The first-order valence-electron chi connectivity index (χ1n) is 9.88. The third-order valence-corrected chi connectivity index (χ3v) is 6.54. The molecule has 2 bridgehead atoms. The zero-order valence-corrected chi connectivity index (χ0v) is 15.9. The molecular formula is C23H25N3O. The van der Waals surface area contributed by atoms with E-state index in [4.69, 9.17) is 4.52 Å². The fourth-order valence-electron chi connectivity index (χ4n) is 5.15. The molecule has 0 saturated carbocycles. The molecule has 0 amide bonds. The average Bonchev–Trinajstić information content (AvgIpc) is 3.22. The van der Waals surface area contributed by atoms with Crippen molar-refractivity contribution in [2.45, 2.75) is 50.1 Å². The van der Waals surface area contributed by atoms with E-state index in [0.717, 1.165) is 18.1 Å². The molecule has 5 rings (SSSR count). The molecule has 3 aromatic rings. The number of rotatable bonds is 3. The fourth-order valence-corrected chi connectivity index (χ4v) is 5.15. The van der Waals surface area contributed by atoms with Crippen LogP contribution < -0.4 is 0 Å². The molecule has 2 fully saturated rings. The van der Waals surface area contributed by atoms with Gasteiger partial charge < -0.3 is 4.52 Å². The van der Waals surface area contributed by atoms with Gasteiger partial charge in [0.05, 0.1) is 5.92 Å². The summed E-state index contributed by atoms with van der Waals surface area (Å²) in [6, 6.07) is 20.8. The number of aryl methyl sites for hydroxylation is 1. The third kappa shape index (κ3) is 2.88. The minimum Gasteiger partial charge on any atom is -0.339 e. The number of fused-ring (bicyclic) bond motifs is 2. The minimum absolute atomic E-state index is 0.275. The Morgan fingerprint density at radius 1 is 0.963 bits per heavy atom. The van der Waals surface area contributed by atoms with Crippen molar-refractivity contribution in [2.75, 3.05) is 7.05 Å². The lowest BCUT2D eigenvalue weighted by Crippen LogP contribution is -2.44. The van der Waals surface area contributed by atoms with Gasteiger partial charge in [-0.05, 0) is 55.8 Å². The highest BCUT2D eigenvalue weighted by Gasteiger charge is 2.48. The molecular weight excluding hydrogens is 334 g/mol. The molecule has 0 aliphatic carbocycles. The van der Waals surface area contributed by atoms with Crippen molar-refractivity contribution in [2.24, 2.45) is 0 Å². The monoisotopic (exact) mass is 359 g/mol. The summed E-state index contributed by atoms with van der Waals surface area (Å²) in [5, 5.41) is 4.08. The largest absolute Gasteiger partial charge is 0.339 e. The van der Waals surface area contributed by atoms with E-state index in [1.165, 1.54) is 29.5 Å². The lowest BCUT2D eigenvalue weighted by molar-refractivity contribution is 0.120. The first-order valence-corrected chi connectivity index (χ1v) is 9.88. The molecule has 2 saturated heterocycles. The molecule has 138 valence electrons. The van der Waals surface area contributed by atoms with E-state index in [-0.39, 0.29) is 5.92 Å². The second-order valence-electron chi connectivity index (χ2n) is 8.00. The van der Waals surface area contributed by atoms with Crippen molar-refractivity contribution in [1.29, 1.82) is 0 Å². The molecule has 1 aromatic heterocycles. The van der Waals surface area contributed by atoms with Crippen molar-refractivity contribution < 1.29 is 4.52 Å². The van der Waals surface area contributed by atoms with Crippen LogP contribution >= 0.6 is 0 Å². The Kier molecular flexibility index (Phi) is 4.09. The van der Waals surface area contributed by atoms with Crippen LogP contribution in [0.5, 0.6) is 0 Å². The van der Waals surface area contributed by atoms with E-state index < -0.39 is 0 Å². The van der Waals surface area contributed by atoms with E-state index >= 15 is 0 Å². The van der Waals surface area contributed by atoms with Crippen molar-refractivity contribution in [3.8, 4) is 11.1 Å². The van der Waals surface area contributed by atoms with Crippen LogP contribution in [0.2, 0.25) is 0 Å². The maximum atomic E-state index is 5.66. The number of benzene rings is 2. The van der Waals surface area contributed by atoms with E-state index in [9.17, 15) is 0 Å². The zero-order valence-electron chi connectivity index (χ0n) is 15.9. The van der Waals surface area contributed by atoms with Gasteiger partial charge in [0.15, 0.2) is 5.82 Å². The summed E-state index contributed by atoms with van der Waals surface area (Å²) < 4.78 is 5.66. The summed E-state index contributed by atoms with van der Waals surface area (Å²) in [7, 11) is 2.26. The molecule has 0 N–H and O–H groups in total. The van der Waals surface area contributed by atoms with Crippen molar-refractivity contribution in [3.05, 3.63) is 71.9 Å². The van der Waals surface area contributed by atoms with Crippen LogP contribution in [0, 0.1) is 6.92 Å². The maximum Gasteiger partial charge on any atom is 0.231 e. The van der Waals surface area contributed by atoms with E-state index in [2.05, 4.69) is 76.7 Å². The molecule has 27 heavy (non-hydrogen) atoms. The SMILES string of the molecule is Cc1noc([C@@H]2[C@@H](c3ccc(-c4ccccc4)cc3)CC3CC[C@H]2N3C)n1. The predicted molar refractivity (Wildman–Crippen MR) is 106 cm³/mol. The normalized spacial score (nSPS) is 27.8. The van der Waals surface area contributed by atoms with Gasteiger partial charge in [0.1, 0.15) is 0 Å². The number of piperidine rings is 1. The Hall–Kier alpha value is -2.46. The zero-order chi connectivity index (χ0) is 18.4. The van der Waals surface area contributed by atoms with Crippen LogP contribution in [0.25, 0.3) is 11.1 Å². The van der Waals surface area contributed by atoms with Crippen molar-refractivity contribution in [3.63, 3.8) is 0 Å². The Bertz CT molecular complexity index is 918. The smallest absolute Gasteiger partial charge is 0.231 e. The molecule has 2 aliphatic heterocycles. The van der Waals surface area contributed by atoms with Crippen molar-refractivity contribution in [1.82, 2.24) is 15.0 Å². The Balaban J connectivity index is 1.50. The Morgan fingerprint density at radius 2 is 1.70 bits per heavy atom. The third-order valence-electron chi connectivity index (χ3n) is 6.54. The van der Waals surface area contributed by atoms with Crippen molar-refractivity contribution >= 4 is 0 Å². The Morgan fingerprint density at radius 3 is 2.41 bits per heavy atom. The standard InChI is InChI=1S/C23H25N3O/c1-15-24-23(27-25-15)22-20(14-19-12-13-21(22)26(19)2)18-10-8-17(9-11-18)16-6-4-3-5-7-16/h3-11,19-22H,12-14H2,1-2H3/t19?,20-,21-,22-/m1/s1. The van der Waals surface area contributed by atoms with E-state index in [0.29, 0.717) is 18.0 Å². The number of aromatic nitrogens is 2. The Labute approximate surface area is 160 Å². The van der Waals surface area contributed by atoms with Gasteiger partial charge in [0.25, 0.3) is 0 Å². The molecule has 0 radical (unpaired) electrons. The summed E-state index contributed by atoms with van der Waals surface area (Å²) in [6.07, 6.45) is 3.64. The summed E-state index contributed by atoms with van der Waals surface area (Å²) in [5.74, 6) is 2.24. The molecule has 3 heterocycles. The minimum atomic E-state index is 0.275. The molecule has 2 aliphatic rings. The van der Waals surface area contributed by atoms with Crippen LogP contribution in [0.15, 0.2) is 59.1 Å². The highest BCUT2D eigenvalue weighted by molar-refractivity contribution is 5.63. The van der Waals surface area contributed by atoms with Gasteiger partial charge in [-0.1, -0.05) is 59.8 Å². The lowest BCUT2D eigenvalue weighted by Gasteiger charge is -2.41. The number of nitrogens with zero attached hydrogens (tertiary/aromatic N) is 3. The highest BCUT2D eigenvalue weighted by Crippen LogP contribution is 2.50. The fraction of sp³-hybridized carbons (Fsp3) is 0.391. The highest BCUT2D eigenvalue weighted by atomic mass is 16.5. The predicted octanol–water partition coefficient (Wildman–Crippen LogP) is 4.78. The van der Waals surface area contributed by atoms with E-state index in [1.54, 1.807) is 0 Å². The van der Waals surface area contributed by atoms with Crippen LogP contribution in [0.4, 0.5) is 0 Å². The number of hydrogen-bond acceptors (Lipinski definition) is 4. The van der Waals surface area contributed by atoms with Crippen LogP contribution in [0.1, 0.15) is 48.4 Å². The van der Waals surface area contributed by atoms with Gasteiger partial charge in [0.2, 0.25) is 5.89 Å². The van der Waals surface area contributed by atoms with Gasteiger partial charge in [-0.25, -0.2) is 0 Å². The molecule has 2 aromatic carbocycles. The number of likely N-dealkylation sites (N-methyl/N-ethyl adjacent to an activating group) is 1. The average molecular weight is 359 g/mol. The van der Waals surface area contributed by atoms with Crippen LogP contribution in [-0.2, 0) is 0 Å². The van der Waals surface area contributed by atoms with Gasteiger partial charge in [-0.2, -0.15) is 4.98 Å². The summed E-state index contributed by atoms with van der Waals surface area (Å²) >= 11 is 0. The summed E-state index contributed by atoms with van der Waals surface area (Å²) in [4.78, 5) is 7.16. The number of hydrogen-bond donors (Lipinski definition) is 0. The first kappa shape index (κ1) is 16.7. The van der Waals surface area contributed by atoms with Gasteiger partial charge in [-0.3, -0.25) is 4.90 Å². The molecule has 4 atom stereocenters. The molecule has 4 nitrogen and oxygen atoms in total. The van der Waals surface area contributed by atoms with Crippen LogP contribution in [0.3, 0.4) is 0 Å². The van der Waals surface area contributed by atoms with Gasteiger partial charge >= 0.3 is 0 Å². The first-order chi connectivity index (χ1) is 13.2.